The zero-order valence-corrected chi connectivity index (χ0v) is 9.31. The number of aromatic nitrogens is 2. The maximum atomic E-state index is 12.4. The van der Waals surface area contributed by atoms with E-state index >= 15 is 0 Å². The van der Waals surface area contributed by atoms with Crippen molar-refractivity contribution in [2.24, 2.45) is 0 Å². The number of carbonyl (C=O) groups is 1. The molecular weight excluding hydrogens is 249 g/mol. The molecule has 0 unspecified atom stereocenters. The number of nitrogen functional groups attached to an aromatic ring is 1. The number of halogens is 3. The fourth-order valence-electron chi connectivity index (χ4n) is 1.58. The molecule has 2 N–H and O–H groups in total. The van der Waals surface area contributed by atoms with Crippen LogP contribution in [0.5, 0.6) is 0 Å². The Hall–Kier alpha value is -1.86. The molecule has 18 heavy (non-hydrogen) atoms. The molecule has 0 spiro atoms. The molecule has 5 nitrogen and oxygen atoms in total. The van der Waals surface area contributed by atoms with Gasteiger partial charge in [0.25, 0.3) is 5.91 Å². The van der Waals surface area contributed by atoms with Crippen molar-refractivity contribution in [3.8, 4) is 0 Å². The van der Waals surface area contributed by atoms with Gasteiger partial charge in [-0.25, -0.2) is 4.98 Å². The minimum absolute atomic E-state index is 0.00334. The standard InChI is InChI=1S/C10H11F3N4O/c11-10(12,13)5-17(6-1-2-6)9(18)7-3-15-4-8(14)16-7/h3-4,6H,1-2,5H2,(H2,14,16). The van der Waals surface area contributed by atoms with Crippen LogP contribution in [0.3, 0.4) is 0 Å². The second-order valence-electron chi connectivity index (χ2n) is 4.11. The van der Waals surface area contributed by atoms with E-state index in [1.165, 1.54) is 6.20 Å². The number of nitrogens with zero attached hydrogens (tertiary/aromatic N) is 3. The highest BCUT2D eigenvalue weighted by atomic mass is 19.4. The van der Waals surface area contributed by atoms with Crippen molar-refractivity contribution >= 4 is 11.7 Å². The first-order valence-electron chi connectivity index (χ1n) is 5.32. The number of hydrogen-bond donors (Lipinski definition) is 1. The van der Waals surface area contributed by atoms with Gasteiger partial charge in [-0.1, -0.05) is 0 Å². The highest BCUT2D eigenvalue weighted by molar-refractivity contribution is 5.92. The maximum Gasteiger partial charge on any atom is 0.406 e. The van der Waals surface area contributed by atoms with Gasteiger partial charge in [-0.05, 0) is 12.8 Å². The molecular formula is C10H11F3N4O. The molecule has 1 amide bonds. The Morgan fingerprint density at radius 1 is 1.44 bits per heavy atom. The fraction of sp³-hybridized carbons (Fsp3) is 0.500. The molecule has 0 aromatic carbocycles. The largest absolute Gasteiger partial charge is 0.406 e. The maximum absolute atomic E-state index is 12.4. The van der Waals surface area contributed by atoms with Gasteiger partial charge < -0.3 is 10.6 Å². The van der Waals surface area contributed by atoms with Crippen LogP contribution in [-0.2, 0) is 0 Å². The lowest BCUT2D eigenvalue weighted by Gasteiger charge is -2.23. The SMILES string of the molecule is Nc1cncc(C(=O)N(CC(F)(F)F)C2CC2)n1. The molecule has 0 aliphatic heterocycles. The van der Waals surface area contributed by atoms with Crippen LogP contribution in [0.4, 0.5) is 19.0 Å². The first kappa shape index (κ1) is 12.6. The van der Waals surface area contributed by atoms with Gasteiger partial charge in [0.1, 0.15) is 18.1 Å². The summed E-state index contributed by atoms with van der Waals surface area (Å²) in [5.41, 5.74) is 5.19. The topological polar surface area (TPSA) is 72.1 Å². The number of nitrogens with two attached hydrogens (primary N) is 1. The fourth-order valence-corrected chi connectivity index (χ4v) is 1.58. The average molecular weight is 260 g/mol. The summed E-state index contributed by atoms with van der Waals surface area (Å²) in [6.07, 6.45) is -0.923. The van der Waals surface area contributed by atoms with Crippen molar-refractivity contribution in [1.29, 1.82) is 0 Å². The van der Waals surface area contributed by atoms with Crippen LogP contribution in [0.25, 0.3) is 0 Å². The minimum atomic E-state index is -4.42. The lowest BCUT2D eigenvalue weighted by Crippen LogP contribution is -2.41. The van der Waals surface area contributed by atoms with Gasteiger partial charge in [-0.15, -0.1) is 0 Å². The Morgan fingerprint density at radius 2 is 2.11 bits per heavy atom. The molecule has 0 radical (unpaired) electrons. The average Bonchev–Trinajstić information content (AvgIpc) is 3.07. The van der Waals surface area contributed by atoms with Crippen LogP contribution in [0, 0.1) is 0 Å². The second-order valence-corrected chi connectivity index (χ2v) is 4.11. The number of carbonyl (C=O) groups excluding carboxylic acids is 1. The van der Waals surface area contributed by atoms with E-state index in [0.717, 1.165) is 11.1 Å². The first-order chi connectivity index (χ1) is 8.37. The van der Waals surface area contributed by atoms with Crippen molar-refractivity contribution in [1.82, 2.24) is 14.9 Å². The summed E-state index contributed by atoms with van der Waals surface area (Å²) in [6, 6.07) is -0.359. The van der Waals surface area contributed by atoms with E-state index in [1.54, 1.807) is 0 Å². The van der Waals surface area contributed by atoms with Crippen molar-refractivity contribution in [2.45, 2.75) is 25.1 Å². The Kier molecular flexibility index (Phi) is 3.10. The lowest BCUT2D eigenvalue weighted by molar-refractivity contribution is -0.141. The first-order valence-corrected chi connectivity index (χ1v) is 5.32. The lowest BCUT2D eigenvalue weighted by atomic mass is 10.3. The zero-order chi connectivity index (χ0) is 13.3. The van der Waals surface area contributed by atoms with Crippen molar-refractivity contribution in [3.63, 3.8) is 0 Å². The highest BCUT2D eigenvalue weighted by Crippen LogP contribution is 2.31. The second kappa shape index (κ2) is 4.43. The van der Waals surface area contributed by atoms with E-state index in [-0.39, 0.29) is 17.6 Å². The molecule has 98 valence electrons. The van der Waals surface area contributed by atoms with Crippen molar-refractivity contribution in [3.05, 3.63) is 18.1 Å². The molecule has 8 heteroatoms. The van der Waals surface area contributed by atoms with E-state index in [1.807, 2.05) is 0 Å². The van der Waals surface area contributed by atoms with Crippen LogP contribution in [0.1, 0.15) is 23.3 Å². The molecule has 1 heterocycles. The summed E-state index contributed by atoms with van der Waals surface area (Å²) >= 11 is 0. The van der Waals surface area contributed by atoms with Crippen LogP contribution in [-0.4, -0.2) is 39.5 Å². The van der Waals surface area contributed by atoms with E-state index in [9.17, 15) is 18.0 Å². The molecule has 0 saturated heterocycles. The van der Waals surface area contributed by atoms with Gasteiger partial charge >= 0.3 is 6.18 Å². The van der Waals surface area contributed by atoms with Crippen LogP contribution in [0.2, 0.25) is 0 Å². The van der Waals surface area contributed by atoms with Gasteiger partial charge in [-0.3, -0.25) is 9.78 Å². The molecule has 0 atom stereocenters. The molecule has 1 fully saturated rings. The van der Waals surface area contributed by atoms with E-state index in [4.69, 9.17) is 5.73 Å². The summed E-state index contributed by atoms with van der Waals surface area (Å²) in [7, 11) is 0. The van der Waals surface area contributed by atoms with E-state index < -0.39 is 18.6 Å². The Bertz CT molecular complexity index is 459. The molecule has 1 aliphatic carbocycles. The molecule has 1 saturated carbocycles. The molecule has 2 rings (SSSR count). The Morgan fingerprint density at radius 3 is 2.61 bits per heavy atom. The predicted molar refractivity (Wildman–Crippen MR) is 56.6 cm³/mol. The summed E-state index contributed by atoms with van der Waals surface area (Å²) in [5.74, 6) is -0.779. The quantitative estimate of drug-likeness (QED) is 0.887. The van der Waals surface area contributed by atoms with Gasteiger partial charge in [0.05, 0.1) is 12.4 Å². The minimum Gasteiger partial charge on any atom is -0.382 e. The third-order valence-corrected chi connectivity index (χ3v) is 2.47. The van der Waals surface area contributed by atoms with Crippen molar-refractivity contribution < 1.29 is 18.0 Å². The van der Waals surface area contributed by atoms with Crippen LogP contribution in [0.15, 0.2) is 12.4 Å². The van der Waals surface area contributed by atoms with E-state index in [2.05, 4.69) is 9.97 Å². The number of hydrogen-bond acceptors (Lipinski definition) is 4. The van der Waals surface area contributed by atoms with E-state index in [0.29, 0.717) is 12.8 Å². The summed E-state index contributed by atoms with van der Waals surface area (Å²) in [6.45, 7) is -1.27. The number of anilines is 1. The summed E-state index contributed by atoms with van der Waals surface area (Å²) in [4.78, 5) is 20.0. The normalized spacial score (nSPS) is 15.5. The van der Waals surface area contributed by atoms with Gasteiger partial charge in [-0.2, -0.15) is 13.2 Å². The zero-order valence-electron chi connectivity index (χ0n) is 9.31. The highest BCUT2D eigenvalue weighted by Gasteiger charge is 2.41. The number of alkyl halides is 3. The van der Waals surface area contributed by atoms with Crippen molar-refractivity contribution in [2.75, 3.05) is 12.3 Å². The summed E-state index contributed by atoms with van der Waals surface area (Å²) in [5, 5.41) is 0. The molecule has 0 bridgehead atoms. The monoisotopic (exact) mass is 260 g/mol. The number of amides is 1. The third-order valence-electron chi connectivity index (χ3n) is 2.47. The smallest absolute Gasteiger partial charge is 0.382 e. The third kappa shape index (κ3) is 3.08. The summed E-state index contributed by atoms with van der Waals surface area (Å²) < 4.78 is 37.2. The Balaban J connectivity index is 2.18. The molecule has 1 aromatic heterocycles. The predicted octanol–water partition coefficient (Wildman–Crippen LogP) is 1.23. The molecule has 1 aromatic rings. The van der Waals surface area contributed by atoms with Crippen LogP contribution >= 0.6 is 0 Å². The molecule has 1 aliphatic rings. The van der Waals surface area contributed by atoms with Gasteiger partial charge in [0.15, 0.2) is 0 Å². The Labute approximate surface area is 101 Å². The van der Waals surface area contributed by atoms with Crippen LogP contribution < -0.4 is 5.73 Å². The number of rotatable bonds is 3. The van der Waals surface area contributed by atoms with Gasteiger partial charge in [0, 0.05) is 6.04 Å². The van der Waals surface area contributed by atoms with Gasteiger partial charge in [0.2, 0.25) is 0 Å².